The number of phenolic OH excluding ortho intramolecular Hbond substituents is 1. The molecule has 0 radical (unpaired) electrons. The van der Waals surface area contributed by atoms with Crippen LogP contribution in [0.3, 0.4) is 0 Å². The molecule has 4 nitrogen and oxygen atoms in total. The third-order valence-corrected chi connectivity index (χ3v) is 5.11. The molecular weight excluding hydrogens is 336 g/mol. The van der Waals surface area contributed by atoms with E-state index in [1.807, 2.05) is 42.5 Å². The van der Waals surface area contributed by atoms with Crippen molar-refractivity contribution in [2.45, 2.75) is 11.8 Å². The molecule has 0 saturated heterocycles. The molecule has 134 valence electrons. The minimum Gasteiger partial charge on any atom is -0.508 e. The molecule has 1 saturated carbocycles. The van der Waals surface area contributed by atoms with Crippen molar-refractivity contribution >= 4 is 12.1 Å². The van der Waals surface area contributed by atoms with Crippen LogP contribution in [-0.4, -0.2) is 17.2 Å². The number of carbonyl (C=O) groups excluding carboxylic acids is 1. The number of phenols is 1. The van der Waals surface area contributed by atoms with Crippen LogP contribution in [0.4, 0.5) is 0 Å². The van der Waals surface area contributed by atoms with Crippen LogP contribution in [-0.2, 0) is 10.2 Å². The summed E-state index contributed by atoms with van der Waals surface area (Å²) >= 11 is 0. The summed E-state index contributed by atoms with van der Waals surface area (Å²) in [5.41, 5.74) is 5.38. The summed E-state index contributed by atoms with van der Waals surface area (Å²) in [5.74, 6) is -0.0950. The fraction of sp³-hybridized carbons (Fsp3) is 0.130. The zero-order valence-corrected chi connectivity index (χ0v) is 14.7. The zero-order valence-electron chi connectivity index (χ0n) is 14.7. The van der Waals surface area contributed by atoms with E-state index in [1.54, 1.807) is 18.2 Å². The van der Waals surface area contributed by atoms with Crippen molar-refractivity contribution in [3.63, 3.8) is 0 Å². The van der Waals surface area contributed by atoms with E-state index >= 15 is 0 Å². The molecule has 1 atom stereocenters. The van der Waals surface area contributed by atoms with Crippen LogP contribution in [0.1, 0.15) is 23.1 Å². The van der Waals surface area contributed by atoms with Crippen molar-refractivity contribution in [3.8, 4) is 5.75 Å². The van der Waals surface area contributed by atoms with Crippen molar-refractivity contribution in [1.29, 1.82) is 0 Å². The van der Waals surface area contributed by atoms with E-state index in [0.717, 1.165) is 23.1 Å². The Kier molecular flexibility index (Phi) is 4.47. The van der Waals surface area contributed by atoms with E-state index in [4.69, 9.17) is 0 Å². The smallest absolute Gasteiger partial charge is 0.244 e. The van der Waals surface area contributed by atoms with Gasteiger partial charge in [0, 0.05) is 5.41 Å². The predicted molar refractivity (Wildman–Crippen MR) is 106 cm³/mol. The molecule has 4 rings (SSSR count). The van der Waals surface area contributed by atoms with Gasteiger partial charge in [-0.1, -0.05) is 72.8 Å². The quantitative estimate of drug-likeness (QED) is 0.539. The lowest BCUT2D eigenvalue weighted by Crippen LogP contribution is -2.25. The van der Waals surface area contributed by atoms with Gasteiger partial charge in [-0.3, -0.25) is 4.79 Å². The minimum atomic E-state index is -0.298. The number of hydrazone groups is 1. The number of hydrogen-bond acceptors (Lipinski definition) is 3. The molecule has 4 heteroatoms. The summed E-state index contributed by atoms with van der Waals surface area (Å²) < 4.78 is 0. The Balaban J connectivity index is 1.54. The first kappa shape index (κ1) is 17.0. The molecule has 0 heterocycles. The second-order valence-electron chi connectivity index (χ2n) is 6.79. The van der Waals surface area contributed by atoms with Crippen LogP contribution in [0.5, 0.6) is 5.75 Å². The zero-order chi connectivity index (χ0) is 18.7. The number of carbonyl (C=O) groups is 1. The monoisotopic (exact) mass is 356 g/mol. The molecule has 0 aromatic heterocycles. The van der Waals surface area contributed by atoms with Crippen molar-refractivity contribution in [2.75, 3.05) is 0 Å². The van der Waals surface area contributed by atoms with Crippen LogP contribution in [0, 0.1) is 5.92 Å². The molecule has 1 aliphatic carbocycles. The van der Waals surface area contributed by atoms with Crippen molar-refractivity contribution in [2.24, 2.45) is 11.0 Å². The SMILES string of the molecule is O=C(NN=Cc1cccc(O)c1)C1CC1(c1ccccc1)c1ccccc1. The van der Waals surface area contributed by atoms with E-state index in [2.05, 4.69) is 34.8 Å². The van der Waals surface area contributed by atoms with E-state index < -0.39 is 0 Å². The highest BCUT2D eigenvalue weighted by Gasteiger charge is 2.60. The molecule has 0 bridgehead atoms. The number of hydrogen-bond donors (Lipinski definition) is 2. The van der Waals surface area contributed by atoms with Crippen LogP contribution < -0.4 is 5.43 Å². The summed E-state index contributed by atoms with van der Waals surface area (Å²) in [4.78, 5) is 12.8. The molecule has 3 aromatic rings. The highest BCUT2D eigenvalue weighted by molar-refractivity contribution is 5.87. The average molecular weight is 356 g/mol. The van der Waals surface area contributed by atoms with Gasteiger partial charge in [-0.15, -0.1) is 0 Å². The van der Waals surface area contributed by atoms with E-state index in [0.29, 0.717) is 0 Å². The number of nitrogens with zero attached hydrogens (tertiary/aromatic N) is 1. The lowest BCUT2D eigenvalue weighted by atomic mass is 9.85. The summed E-state index contributed by atoms with van der Waals surface area (Å²) in [7, 11) is 0. The lowest BCUT2D eigenvalue weighted by Gasteiger charge is -2.18. The van der Waals surface area contributed by atoms with E-state index in [-0.39, 0.29) is 23.0 Å². The average Bonchev–Trinajstić information content (AvgIpc) is 3.47. The Morgan fingerprint density at radius 1 is 0.963 bits per heavy atom. The van der Waals surface area contributed by atoms with Gasteiger partial charge in [0.2, 0.25) is 5.91 Å². The topological polar surface area (TPSA) is 61.7 Å². The van der Waals surface area contributed by atoms with E-state index in [9.17, 15) is 9.90 Å². The molecule has 0 spiro atoms. The lowest BCUT2D eigenvalue weighted by molar-refractivity contribution is -0.122. The van der Waals surface area contributed by atoms with Gasteiger partial charge in [-0.2, -0.15) is 5.10 Å². The van der Waals surface area contributed by atoms with Crippen LogP contribution in [0.25, 0.3) is 0 Å². The first-order chi connectivity index (χ1) is 13.2. The van der Waals surface area contributed by atoms with Gasteiger partial charge in [0.05, 0.1) is 12.1 Å². The highest BCUT2D eigenvalue weighted by Crippen LogP contribution is 2.58. The first-order valence-corrected chi connectivity index (χ1v) is 8.93. The van der Waals surface area contributed by atoms with Crippen LogP contribution in [0.15, 0.2) is 90.0 Å². The highest BCUT2D eigenvalue weighted by atomic mass is 16.3. The molecule has 1 fully saturated rings. The molecule has 2 N–H and O–H groups in total. The van der Waals surface area contributed by atoms with Gasteiger partial charge in [0.15, 0.2) is 0 Å². The Morgan fingerprint density at radius 3 is 2.19 bits per heavy atom. The number of nitrogens with one attached hydrogen (secondary N) is 1. The molecule has 1 amide bonds. The summed E-state index contributed by atoms with van der Waals surface area (Å²) in [6.45, 7) is 0. The second kappa shape index (κ2) is 7.08. The predicted octanol–water partition coefficient (Wildman–Crippen LogP) is 3.85. The number of rotatable bonds is 5. The maximum Gasteiger partial charge on any atom is 0.244 e. The third-order valence-electron chi connectivity index (χ3n) is 5.11. The normalized spacial score (nSPS) is 17.6. The molecule has 1 unspecified atom stereocenters. The first-order valence-electron chi connectivity index (χ1n) is 8.93. The maximum absolute atomic E-state index is 12.8. The molecule has 0 aliphatic heterocycles. The van der Waals surface area contributed by atoms with Gasteiger partial charge in [0.1, 0.15) is 5.75 Å². The maximum atomic E-state index is 12.8. The number of aromatic hydroxyl groups is 1. The molecule has 1 aliphatic rings. The Morgan fingerprint density at radius 2 is 1.59 bits per heavy atom. The minimum absolute atomic E-state index is 0.0980. The number of amides is 1. The molecule has 27 heavy (non-hydrogen) atoms. The van der Waals surface area contributed by atoms with E-state index in [1.165, 1.54) is 6.21 Å². The van der Waals surface area contributed by atoms with Gasteiger partial charge in [-0.05, 0) is 35.2 Å². The standard InChI is InChI=1S/C23H20N2O2/c26-20-13-7-8-17(14-20)16-24-25-22(27)21-15-23(21,18-9-3-1-4-10-18)19-11-5-2-6-12-19/h1-14,16,21,26H,15H2,(H,25,27). The van der Waals surface area contributed by atoms with Crippen LogP contribution in [0.2, 0.25) is 0 Å². The van der Waals surface area contributed by atoms with Crippen molar-refractivity contribution < 1.29 is 9.90 Å². The van der Waals surface area contributed by atoms with Gasteiger partial charge in [0.25, 0.3) is 0 Å². The Hall–Kier alpha value is -3.40. The third kappa shape index (κ3) is 3.34. The van der Waals surface area contributed by atoms with Crippen molar-refractivity contribution in [1.82, 2.24) is 5.43 Å². The van der Waals surface area contributed by atoms with Crippen molar-refractivity contribution in [3.05, 3.63) is 102 Å². The summed E-state index contributed by atoms with van der Waals surface area (Å²) in [6, 6.07) is 27.0. The Bertz CT molecular complexity index is 928. The second-order valence-corrected chi connectivity index (χ2v) is 6.79. The van der Waals surface area contributed by atoms with Crippen LogP contribution >= 0.6 is 0 Å². The van der Waals surface area contributed by atoms with Gasteiger partial charge < -0.3 is 5.11 Å². The Labute approximate surface area is 158 Å². The molecular formula is C23H20N2O2. The summed E-state index contributed by atoms with van der Waals surface area (Å²) in [5, 5.41) is 13.6. The largest absolute Gasteiger partial charge is 0.508 e. The number of benzene rings is 3. The fourth-order valence-electron chi connectivity index (χ4n) is 3.71. The molecule has 3 aromatic carbocycles. The summed E-state index contributed by atoms with van der Waals surface area (Å²) in [6.07, 6.45) is 2.29. The van der Waals surface area contributed by atoms with Gasteiger partial charge >= 0.3 is 0 Å². The van der Waals surface area contributed by atoms with Gasteiger partial charge in [-0.25, -0.2) is 5.43 Å². The fourth-order valence-corrected chi connectivity index (χ4v) is 3.71.